The molecule has 21 heavy (non-hydrogen) atoms. The average molecular weight is 286 g/mol. The molecule has 2 aromatic rings. The lowest BCUT2D eigenvalue weighted by Crippen LogP contribution is -2.45. The first-order valence-electron chi connectivity index (χ1n) is 7.18. The molecule has 2 atom stereocenters. The summed E-state index contributed by atoms with van der Waals surface area (Å²) in [5, 5.41) is 20.3. The summed E-state index contributed by atoms with van der Waals surface area (Å²) in [5.74, 6) is -0.142. The van der Waals surface area contributed by atoms with Crippen LogP contribution in [-0.2, 0) is 0 Å². The van der Waals surface area contributed by atoms with Crippen LogP contribution in [0.4, 0.5) is 0 Å². The van der Waals surface area contributed by atoms with Crippen molar-refractivity contribution in [3.8, 4) is 5.69 Å². The van der Waals surface area contributed by atoms with Crippen LogP contribution in [0.3, 0.4) is 0 Å². The van der Waals surface area contributed by atoms with E-state index in [0.29, 0.717) is 5.56 Å². The fraction of sp³-hybridized carbons (Fsp3) is 0.400. The number of rotatable bonds is 3. The molecule has 6 nitrogen and oxygen atoms in total. The number of carbonyl (C=O) groups excluding carboxylic acids is 1. The number of aliphatic hydroxyl groups is 1. The molecule has 0 aliphatic heterocycles. The van der Waals surface area contributed by atoms with E-state index in [2.05, 4.69) is 15.5 Å². The Kier molecular flexibility index (Phi) is 3.96. The van der Waals surface area contributed by atoms with Crippen LogP contribution in [0, 0.1) is 0 Å². The Morgan fingerprint density at radius 2 is 1.81 bits per heavy atom. The normalized spacial score (nSPS) is 22.0. The number of aliphatic hydroxyl groups excluding tert-OH is 1. The van der Waals surface area contributed by atoms with Gasteiger partial charge < -0.3 is 10.4 Å². The second-order valence-corrected chi connectivity index (χ2v) is 5.35. The van der Waals surface area contributed by atoms with Crippen LogP contribution >= 0.6 is 0 Å². The third-order valence-electron chi connectivity index (χ3n) is 3.89. The van der Waals surface area contributed by atoms with Crippen molar-refractivity contribution in [1.29, 1.82) is 0 Å². The molecular formula is C15H18N4O2. The first-order valence-corrected chi connectivity index (χ1v) is 7.18. The Bertz CT molecular complexity index is 595. The van der Waals surface area contributed by atoms with Gasteiger partial charge in [-0.05, 0) is 37.1 Å². The largest absolute Gasteiger partial charge is 0.391 e. The minimum absolute atomic E-state index is 0.135. The molecule has 6 heteroatoms. The molecule has 1 fully saturated rings. The van der Waals surface area contributed by atoms with E-state index >= 15 is 0 Å². The van der Waals surface area contributed by atoms with Crippen molar-refractivity contribution in [1.82, 2.24) is 20.1 Å². The van der Waals surface area contributed by atoms with Gasteiger partial charge >= 0.3 is 0 Å². The SMILES string of the molecule is O=C(NC1CCCCC1O)c1ccc(-n2cnnc2)cc1. The number of hydrogen-bond donors (Lipinski definition) is 2. The molecule has 1 amide bonds. The van der Waals surface area contributed by atoms with E-state index < -0.39 is 6.10 Å². The highest BCUT2D eigenvalue weighted by Gasteiger charge is 2.24. The van der Waals surface area contributed by atoms with E-state index in [-0.39, 0.29) is 11.9 Å². The monoisotopic (exact) mass is 286 g/mol. The van der Waals surface area contributed by atoms with Gasteiger partial charge in [-0.15, -0.1) is 10.2 Å². The van der Waals surface area contributed by atoms with Gasteiger partial charge in [0.2, 0.25) is 0 Å². The predicted octanol–water partition coefficient (Wildman–Crippen LogP) is 1.30. The minimum Gasteiger partial charge on any atom is -0.391 e. The Labute approximate surface area is 122 Å². The van der Waals surface area contributed by atoms with E-state index in [4.69, 9.17) is 0 Å². The molecule has 0 radical (unpaired) electrons. The van der Waals surface area contributed by atoms with Crippen molar-refractivity contribution >= 4 is 5.91 Å². The maximum absolute atomic E-state index is 12.2. The van der Waals surface area contributed by atoms with Gasteiger partial charge in [-0.2, -0.15) is 0 Å². The summed E-state index contributed by atoms with van der Waals surface area (Å²) in [6, 6.07) is 7.08. The lowest BCUT2D eigenvalue weighted by atomic mass is 9.92. The van der Waals surface area contributed by atoms with Crippen LogP contribution in [0.2, 0.25) is 0 Å². The Balaban J connectivity index is 1.67. The summed E-state index contributed by atoms with van der Waals surface area (Å²) >= 11 is 0. The lowest BCUT2D eigenvalue weighted by Gasteiger charge is -2.28. The Morgan fingerprint density at radius 3 is 2.48 bits per heavy atom. The van der Waals surface area contributed by atoms with Crippen molar-refractivity contribution in [2.45, 2.75) is 37.8 Å². The number of nitrogens with zero attached hydrogens (tertiary/aromatic N) is 3. The molecule has 2 unspecified atom stereocenters. The summed E-state index contributed by atoms with van der Waals surface area (Å²) in [5.41, 5.74) is 1.49. The third-order valence-corrected chi connectivity index (χ3v) is 3.89. The summed E-state index contributed by atoms with van der Waals surface area (Å²) in [6.07, 6.45) is 6.46. The van der Waals surface area contributed by atoms with Gasteiger partial charge in [0.05, 0.1) is 12.1 Å². The van der Waals surface area contributed by atoms with Gasteiger partial charge in [0.25, 0.3) is 5.91 Å². The molecule has 1 aromatic carbocycles. The summed E-state index contributed by atoms with van der Waals surface area (Å²) in [6.45, 7) is 0. The van der Waals surface area contributed by atoms with E-state index in [1.165, 1.54) is 0 Å². The summed E-state index contributed by atoms with van der Waals surface area (Å²) in [7, 11) is 0. The zero-order valence-electron chi connectivity index (χ0n) is 11.6. The molecule has 2 N–H and O–H groups in total. The molecule has 1 aliphatic rings. The van der Waals surface area contributed by atoms with Gasteiger partial charge in [-0.1, -0.05) is 12.8 Å². The zero-order valence-corrected chi connectivity index (χ0v) is 11.6. The van der Waals surface area contributed by atoms with Crippen LogP contribution < -0.4 is 5.32 Å². The van der Waals surface area contributed by atoms with E-state index in [1.54, 1.807) is 29.4 Å². The number of hydrogen-bond acceptors (Lipinski definition) is 4. The molecule has 1 heterocycles. The molecule has 0 bridgehead atoms. The molecule has 1 aromatic heterocycles. The van der Waals surface area contributed by atoms with E-state index in [0.717, 1.165) is 31.4 Å². The van der Waals surface area contributed by atoms with Crippen LogP contribution in [0.15, 0.2) is 36.9 Å². The molecule has 0 saturated heterocycles. The van der Waals surface area contributed by atoms with E-state index in [9.17, 15) is 9.90 Å². The van der Waals surface area contributed by atoms with Crippen molar-refractivity contribution in [2.75, 3.05) is 0 Å². The number of aromatic nitrogens is 3. The van der Waals surface area contributed by atoms with Gasteiger partial charge in [-0.25, -0.2) is 0 Å². The predicted molar refractivity (Wildman–Crippen MR) is 77.1 cm³/mol. The maximum atomic E-state index is 12.2. The zero-order chi connectivity index (χ0) is 14.7. The van der Waals surface area contributed by atoms with Crippen LogP contribution in [-0.4, -0.2) is 37.9 Å². The van der Waals surface area contributed by atoms with Gasteiger partial charge in [-0.3, -0.25) is 9.36 Å². The Morgan fingerprint density at radius 1 is 1.14 bits per heavy atom. The fourth-order valence-electron chi connectivity index (χ4n) is 2.65. The smallest absolute Gasteiger partial charge is 0.251 e. The van der Waals surface area contributed by atoms with Crippen molar-refractivity contribution < 1.29 is 9.90 Å². The first-order chi connectivity index (χ1) is 10.2. The second-order valence-electron chi connectivity index (χ2n) is 5.35. The quantitative estimate of drug-likeness (QED) is 0.891. The molecule has 0 spiro atoms. The number of carbonyl (C=O) groups is 1. The second kappa shape index (κ2) is 6.05. The van der Waals surface area contributed by atoms with Gasteiger partial charge in [0.15, 0.2) is 0 Å². The van der Waals surface area contributed by atoms with Crippen molar-refractivity contribution in [2.24, 2.45) is 0 Å². The minimum atomic E-state index is -0.431. The molecule has 1 aliphatic carbocycles. The lowest BCUT2D eigenvalue weighted by molar-refractivity contribution is 0.0717. The number of amides is 1. The highest BCUT2D eigenvalue weighted by Crippen LogP contribution is 2.19. The first kappa shape index (κ1) is 13.8. The molecule has 1 saturated carbocycles. The highest BCUT2D eigenvalue weighted by molar-refractivity contribution is 5.94. The van der Waals surface area contributed by atoms with Crippen molar-refractivity contribution in [3.63, 3.8) is 0 Å². The Hall–Kier alpha value is -2.21. The van der Waals surface area contributed by atoms with Crippen LogP contribution in [0.25, 0.3) is 5.69 Å². The summed E-state index contributed by atoms with van der Waals surface area (Å²) < 4.78 is 1.77. The molecule has 110 valence electrons. The number of nitrogens with one attached hydrogen (secondary N) is 1. The summed E-state index contributed by atoms with van der Waals surface area (Å²) in [4.78, 5) is 12.2. The van der Waals surface area contributed by atoms with E-state index in [1.807, 2.05) is 12.1 Å². The van der Waals surface area contributed by atoms with Crippen LogP contribution in [0.5, 0.6) is 0 Å². The average Bonchev–Trinajstić information content (AvgIpc) is 3.04. The number of benzene rings is 1. The highest BCUT2D eigenvalue weighted by atomic mass is 16.3. The maximum Gasteiger partial charge on any atom is 0.251 e. The van der Waals surface area contributed by atoms with Crippen molar-refractivity contribution in [3.05, 3.63) is 42.5 Å². The standard InChI is InChI=1S/C15H18N4O2/c20-14-4-2-1-3-13(14)18-15(21)11-5-7-12(8-6-11)19-9-16-17-10-19/h5-10,13-14,20H,1-4H2,(H,18,21). The van der Waals surface area contributed by atoms with Gasteiger partial charge in [0.1, 0.15) is 12.7 Å². The van der Waals surface area contributed by atoms with Crippen LogP contribution in [0.1, 0.15) is 36.0 Å². The third kappa shape index (κ3) is 3.11. The van der Waals surface area contributed by atoms with Gasteiger partial charge in [0, 0.05) is 11.3 Å². The fourth-order valence-corrected chi connectivity index (χ4v) is 2.65. The molecular weight excluding hydrogens is 268 g/mol. The topological polar surface area (TPSA) is 80.0 Å². The molecule has 3 rings (SSSR count).